The molecule has 0 amide bonds. The quantitative estimate of drug-likeness (QED) is 0.0753. The minimum absolute atomic E-state index is 0.224. The first kappa shape index (κ1) is 58.8. The normalized spacial score (nSPS) is 12.6. The van der Waals surface area contributed by atoms with E-state index in [9.17, 15) is 0 Å². The minimum atomic E-state index is -3.06. The van der Waals surface area contributed by atoms with Gasteiger partial charge in [-0.05, 0) is 0 Å². The van der Waals surface area contributed by atoms with E-state index < -0.39 is 23.7 Å². The van der Waals surface area contributed by atoms with Gasteiger partial charge in [-0.25, -0.2) is 0 Å². The topological polar surface area (TPSA) is 0 Å². The molecule has 0 aromatic heterocycles. The van der Waals surface area contributed by atoms with E-state index in [2.05, 4.69) is 283 Å². The molecule has 388 valence electrons. The fourth-order valence-corrected chi connectivity index (χ4v) is 34.5. The Labute approximate surface area is 459 Å². The fraction of sp³-hybridized carbons (Fsp3) is 0.444. The maximum atomic E-state index is 4.52. The Morgan fingerprint density at radius 3 is 0.581 bits per heavy atom. The molecule has 0 atom stereocenters. The summed E-state index contributed by atoms with van der Waals surface area (Å²) in [6, 6.07) is 43.4. The van der Waals surface area contributed by atoms with Crippen LogP contribution in [0.25, 0.3) is 44.5 Å². The van der Waals surface area contributed by atoms with Gasteiger partial charge in [-0.15, -0.1) is 0 Å². The molecule has 0 heterocycles. The van der Waals surface area contributed by atoms with Crippen molar-refractivity contribution in [3.8, 4) is 65.9 Å². The van der Waals surface area contributed by atoms with Gasteiger partial charge < -0.3 is 0 Å². The fourth-order valence-electron chi connectivity index (χ4n) is 10.9. The van der Waals surface area contributed by atoms with Gasteiger partial charge in [0.1, 0.15) is 0 Å². The number of hydrogen-bond acceptors (Lipinski definition) is 0. The van der Waals surface area contributed by atoms with Crippen LogP contribution in [0.4, 0.5) is 0 Å². The van der Waals surface area contributed by atoms with Crippen molar-refractivity contribution in [3.63, 3.8) is 0 Å². The van der Waals surface area contributed by atoms with E-state index in [4.69, 9.17) is 0 Å². The van der Waals surface area contributed by atoms with Crippen molar-refractivity contribution >= 4 is 32.5 Å². The van der Waals surface area contributed by atoms with E-state index in [1.807, 2.05) is 0 Å². The van der Waals surface area contributed by atoms with Gasteiger partial charge in [-0.3, -0.25) is 0 Å². The second-order valence-corrected chi connectivity index (χ2v) is 42.9. The van der Waals surface area contributed by atoms with Gasteiger partial charge in [-0.1, -0.05) is 0 Å². The predicted molar refractivity (Wildman–Crippen MR) is 333 cm³/mol. The van der Waals surface area contributed by atoms with Crippen molar-refractivity contribution < 1.29 is 0 Å². The maximum absolute atomic E-state index is 4.52. The van der Waals surface area contributed by atoms with Crippen molar-refractivity contribution in [2.24, 2.45) is 10.8 Å². The van der Waals surface area contributed by atoms with Crippen LogP contribution in [-0.2, 0) is 0 Å². The first-order valence-electron chi connectivity index (χ1n) is 28.3. The molecule has 0 fully saturated rings. The SMILES string of the molecule is CC(C)c1cccc(C(C)C)c1-c1cccc(-c2c(C(C)C)cccc2C(C)C)[c]1[Ge]([C]#CC(C)(C)C)=[Ge]([C]#CC(C)(C)C)[c]1c(-c2c(C(C)C)cccc2C(C)C)cccc1-c1c(C(C)C)cccc1C(C)C. The van der Waals surface area contributed by atoms with E-state index in [1.165, 1.54) is 97.8 Å². The summed E-state index contributed by atoms with van der Waals surface area (Å²) in [7, 11) is 0. The zero-order valence-electron chi connectivity index (χ0n) is 50.0. The Morgan fingerprint density at radius 2 is 0.432 bits per heavy atom. The van der Waals surface area contributed by atoms with E-state index in [1.54, 1.807) is 0 Å². The summed E-state index contributed by atoms with van der Waals surface area (Å²) < 4.78 is 12.1. The third-order valence-corrected chi connectivity index (χ3v) is 35.2. The van der Waals surface area contributed by atoms with Crippen molar-refractivity contribution in [1.29, 1.82) is 0 Å². The van der Waals surface area contributed by atoms with E-state index in [-0.39, 0.29) is 10.8 Å². The molecule has 0 saturated heterocycles. The van der Waals surface area contributed by atoms with Crippen LogP contribution in [-0.4, -0.2) is 23.7 Å². The molecule has 0 bridgehead atoms. The second-order valence-electron chi connectivity index (χ2n) is 25.7. The van der Waals surface area contributed by atoms with Gasteiger partial charge in [0.15, 0.2) is 0 Å². The third kappa shape index (κ3) is 13.0. The van der Waals surface area contributed by atoms with E-state index in [0.29, 0.717) is 47.3 Å². The van der Waals surface area contributed by atoms with Crippen LogP contribution >= 0.6 is 0 Å². The molecule has 0 aliphatic rings. The first-order valence-corrected chi connectivity index (χ1v) is 39.0. The number of hydrogen-bond donors (Lipinski definition) is 0. The number of rotatable bonds is 14. The zero-order valence-corrected chi connectivity index (χ0v) is 54.2. The summed E-state index contributed by atoms with van der Waals surface area (Å²) in [4.78, 5) is 0. The molecular weight excluding hydrogens is 1010 g/mol. The molecule has 0 unspecified atom stereocenters. The van der Waals surface area contributed by atoms with E-state index in [0.717, 1.165) is 0 Å². The zero-order chi connectivity index (χ0) is 54.7. The van der Waals surface area contributed by atoms with Gasteiger partial charge in [0.25, 0.3) is 0 Å². The molecule has 2 heteroatoms. The average Bonchev–Trinajstić information content (AvgIpc) is 3.32. The van der Waals surface area contributed by atoms with Crippen LogP contribution in [0.1, 0.15) is 244 Å². The van der Waals surface area contributed by atoms with Gasteiger partial charge in [0, 0.05) is 0 Å². The first-order chi connectivity index (χ1) is 34.7. The van der Waals surface area contributed by atoms with Crippen LogP contribution in [0.3, 0.4) is 0 Å². The molecular formula is C72H92Ge2. The molecule has 6 rings (SSSR count). The molecule has 0 aliphatic heterocycles. The number of benzene rings is 6. The summed E-state index contributed by atoms with van der Waals surface area (Å²) in [5, 5.41) is 0. The van der Waals surface area contributed by atoms with Crippen LogP contribution < -0.4 is 8.79 Å². The molecule has 0 nitrogen and oxygen atoms in total. The monoisotopic (exact) mass is 1100 g/mol. The predicted octanol–water partition coefficient (Wildman–Crippen LogP) is 19.7. The van der Waals surface area contributed by atoms with Gasteiger partial charge in [0.2, 0.25) is 0 Å². The molecule has 0 aliphatic carbocycles. The summed E-state index contributed by atoms with van der Waals surface area (Å²) in [6.45, 7) is 52.2. The third-order valence-electron chi connectivity index (χ3n) is 14.6. The van der Waals surface area contributed by atoms with Crippen LogP contribution in [0.5, 0.6) is 0 Å². The van der Waals surface area contributed by atoms with Crippen molar-refractivity contribution in [2.75, 3.05) is 0 Å². The van der Waals surface area contributed by atoms with Crippen LogP contribution in [0.15, 0.2) is 109 Å². The molecule has 0 N–H and O–H groups in total. The van der Waals surface area contributed by atoms with Crippen LogP contribution in [0, 0.1) is 32.2 Å². The average molecular weight is 1100 g/mol. The summed E-state index contributed by atoms with van der Waals surface area (Å²) in [5.74, 6) is 10.8. The summed E-state index contributed by atoms with van der Waals surface area (Å²) in [6.07, 6.45) is 0. The summed E-state index contributed by atoms with van der Waals surface area (Å²) >= 11 is -6.12. The Kier molecular flexibility index (Phi) is 19.3. The van der Waals surface area contributed by atoms with Crippen molar-refractivity contribution in [2.45, 2.75) is 200 Å². The van der Waals surface area contributed by atoms with Crippen LogP contribution in [0.2, 0.25) is 0 Å². The van der Waals surface area contributed by atoms with Crippen molar-refractivity contribution in [1.82, 2.24) is 0 Å². The second kappa shape index (κ2) is 24.2. The van der Waals surface area contributed by atoms with Gasteiger partial charge in [0.05, 0.1) is 0 Å². The summed E-state index contributed by atoms with van der Waals surface area (Å²) in [5.41, 5.74) is 22.1. The molecule has 0 spiro atoms. The van der Waals surface area contributed by atoms with Crippen molar-refractivity contribution in [3.05, 3.63) is 154 Å². The Morgan fingerprint density at radius 1 is 0.270 bits per heavy atom. The standard InChI is InChI=1S/C72H92Ge2/c1-45(2)53-29-23-30-54(46(3)4)65(53)61-37-27-38-62(66-55(47(5)6)31-24-32-56(66)48(7)8)69(61)73(43-41-71(17,18)19)74(44-42-72(20,21)22)70-63(67-57(49(9)10)33-25-34-58(67)50(11)12)39-28-40-64(70)68-59(51(13)14)35-26-36-60(68)52(15)16/h23-40,45-52H,1-22H3. The molecule has 74 heavy (non-hydrogen) atoms. The molecule has 0 saturated carbocycles. The van der Waals surface area contributed by atoms with Gasteiger partial charge >= 0.3 is 463 Å². The Bertz CT molecular complexity index is 2660. The molecule has 0 radical (unpaired) electrons. The molecule has 6 aromatic rings. The Balaban J connectivity index is 2.16. The molecule has 6 aromatic carbocycles. The Hall–Kier alpha value is -4.47. The van der Waals surface area contributed by atoms with E-state index >= 15 is 0 Å². The van der Waals surface area contributed by atoms with Gasteiger partial charge in [-0.2, -0.15) is 0 Å².